The van der Waals surface area contributed by atoms with E-state index in [9.17, 15) is 0 Å². The number of aromatic nitrogens is 3. The number of fused-ring (bicyclic) bond motifs is 6. The average Bonchev–Trinajstić information content (AvgIpc) is 3.64. The van der Waals surface area contributed by atoms with Crippen molar-refractivity contribution in [1.82, 2.24) is 14.5 Å². The third kappa shape index (κ3) is 5.85. The number of para-hydroxylation sites is 1. The van der Waals surface area contributed by atoms with Crippen LogP contribution in [0.1, 0.15) is 0 Å². The topological polar surface area (TPSA) is 30.7 Å². The first-order valence-corrected chi connectivity index (χ1v) is 19.4. The minimum atomic E-state index is 0.713. The van der Waals surface area contributed by atoms with Gasteiger partial charge >= 0.3 is 0 Å². The molecule has 0 saturated carbocycles. The number of hydrogen-bond donors (Lipinski definition) is 0. The Morgan fingerprint density at radius 2 is 0.789 bits per heavy atom. The van der Waals surface area contributed by atoms with Gasteiger partial charge in [0.15, 0.2) is 5.82 Å². The zero-order valence-electron chi connectivity index (χ0n) is 31.0. The fourth-order valence-electron chi connectivity index (χ4n) is 8.33. The van der Waals surface area contributed by atoms with Gasteiger partial charge in [0.25, 0.3) is 0 Å². The van der Waals surface area contributed by atoms with Crippen LogP contribution in [0.25, 0.3) is 105 Å². The molecule has 2 aromatic heterocycles. The predicted octanol–water partition coefficient (Wildman–Crippen LogP) is 14.2. The molecule has 3 heteroatoms. The highest BCUT2D eigenvalue weighted by Crippen LogP contribution is 2.39. The van der Waals surface area contributed by atoms with Crippen LogP contribution < -0.4 is 0 Å². The van der Waals surface area contributed by atoms with Crippen molar-refractivity contribution in [3.05, 3.63) is 212 Å². The van der Waals surface area contributed by atoms with Crippen LogP contribution in [0.4, 0.5) is 0 Å². The van der Waals surface area contributed by atoms with Crippen LogP contribution in [-0.2, 0) is 0 Å². The molecule has 11 aromatic rings. The van der Waals surface area contributed by atoms with Gasteiger partial charge < -0.3 is 4.57 Å². The molecule has 2 heterocycles. The van der Waals surface area contributed by atoms with Crippen molar-refractivity contribution in [3.8, 4) is 61.8 Å². The Bertz CT molecular complexity index is 3200. The number of rotatable bonds is 6. The van der Waals surface area contributed by atoms with Crippen molar-refractivity contribution in [2.24, 2.45) is 0 Å². The lowest BCUT2D eigenvalue weighted by molar-refractivity contribution is 1.17. The van der Waals surface area contributed by atoms with E-state index < -0.39 is 0 Å². The molecule has 0 unspecified atom stereocenters. The molecule has 11 rings (SSSR count). The smallest absolute Gasteiger partial charge is 0.160 e. The maximum atomic E-state index is 5.07. The van der Waals surface area contributed by atoms with Crippen molar-refractivity contribution in [3.63, 3.8) is 0 Å². The van der Waals surface area contributed by atoms with Crippen molar-refractivity contribution < 1.29 is 0 Å². The van der Waals surface area contributed by atoms with E-state index in [4.69, 9.17) is 9.97 Å². The second-order valence-corrected chi connectivity index (χ2v) is 14.6. The quantitative estimate of drug-likeness (QED) is 0.171. The molecule has 0 aliphatic carbocycles. The molecule has 9 aromatic carbocycles. The molecule has 266 valence electrons. The lowest BCUT2D eigenvalue weighted by Gasteiger charge is -2.12. The molecule has 0 fully saturated rings. The lowest BCUT2D eigenvalue weighted by Crippen LogP contribution is -1.97. The van der Waals surface area contributed by atoms with Crippen LogP contribution in [0.3, 0.4) is 0 Å². The van der Waals surface area contributed by atoms with Crippen molar-refractivity contribution in [1.29, 1.82) is 0 Å². The zero-order valence-corrected chi connectivity index (χ0v) is 31.0. The first-order valence-electron chi connectivity index (χ1n) is 19.4. The van der Waals surface area contributed by atoms with Gasteiger partial charge in [0.2, 0.25) is 0 Å². The summed E-state index contributed by atoms with van der Waals surface area (Å²) in [5, 5.41) is 7.45. The summed E-state index contributed by atoms with van der Waals surface area (Å²) in [6.45, 7) is 0. The minimum absolute atomic E-state index is 0.713. The van der Waals surface area contributed by atoms with Gasteiger partial charge in [0.1, 0.15) is 0 Å². The van der Waals surface area contributed by atoms with Gasteiger partial charge in [0.05, 0.1) is 22.4 Å². The molecular formula is C54H35N3. The predicted molar refractivity (Wildman–Crippen MR) is 239 cm³/mol. The molecule has 0 amide bonds. The third-order valence-corrected chi connectivity index (χ3v) is 11.2. The number of hydrogen-bond acceptors (Lipinski definition) is 2. The van der Waals surface area contributed by atoms with Gasteiger partial charge in [-0.3, -0.25) is 0 Å². The van der Waals surface area contributed by atoms with Gasteiger partial charge in [-0.1, -0.05) is 164 Å². The molecule has 0 saturated heterocycles. The van der Waals surface area contributed by atoms with Gasteiger partial charge in [-0.2, -0.15) is 0 Å². The summed E-state index contributed by atoms with van der Waals surface area (Å²) in [5.41, 5.74) is 13.2. The van der Waals surface area contributed by atoms with Crippen LogP contribution in [0.15, 0.2) is 212 Å². The van der Waals surface area contributed by atoms with E-state index in [0.717, 1.165) is 33.8 Å². The highest BCUT2D eigenvalue weighted by atomic mass is 15.0. The van der Waals surface area contributed by atoms with E-state index in [2.05, 4.69) is 193 Å². The fourth-order valence-corrected chi connectivity index (χ4v) is 8.33. The summed E-state index contributed by atoms with van der Waals surface area (Å²) in [6.07, 6.45) is 0. The summed E-state index contributed by atoms with van der Waals surface area (Å²) in [4.78, 5) is 10.1. The van der Waals surface area contributed by atoms with E-state index in [1.54, 1.807) is 0 Å². The second kappa shape index (κ2) is 13.6. The zero-order chi connectivity index (χ0) is 37.7. The lowest BCUT2D eigenvalue weighted by atomic mass is 9.95. The Morgan fingerprint density at radius 1 is 0.298 bits per heavy atom. The molecule has 57 heavy (non-hydrogen) atoms. The second-order valence-electron chi connectivity index (χ2n) is 14.6. The molecule has 0 aliphatic heterocycles. The highest BCUT2D eigenvalue weighted by molar-refractivity contribution is 6.22. The highest BCUT2D eigenvalue weighted by Gasteiger charge is 2.17. The van der Waals surface area contributed by atoms with Gasteiger partial charge in [-0.25, -0.2) is 9.97 Å². The van der Waals surface area contributed by atoms with Crippen LogP contribution in [0.2, 0.25) is 0 Å². The van der Waals surface area contributed by atoms with E-state index in [0.29, 0.717) is 5.82 Å². The molecule has 0 bridgehead atoms. The van der Waals surface area contributed by atoms with Gasteiger partial charge in [-0.15, -0.1) is 0 Å². The van der Waals surface area contributed by atoms with Crippen molar-refractivity contribution in [2.45, 2.75) is 0 Å². The number of nitrogens with zero attached hydrogens (tertiary/aromatic N) is 3. The summed E-state index contributed by atoms with van der Waals surface area (Å²) in [5.74, 6) is 0.713. The average molecular weight is 726 g/mol. The Hall–Kier alpha value is -7.62. The molecule has 0 radical (unpaired) electrons. The standard InChI is InChI=1S/C54H35N3/c1-4-12-36(13-5-1)41-22-23-43-33-44(25-24-42(43)32-41)45-21-20-37-28-31-52-53(48(37)34-45)47-18-10-11-19-51(47)57(52)46-29-26-39(27-30-46)50-35-49(38-14-6-2-7-15-38)55-54(56-50)40-16-8-3-9-17-40/h1-35H. The largest absolute Gasteiger partial charge is 0.309 e. The Labute approximate surface area is 330 Å². The molecular weight excluding hydrogens is 691 g/mol. The fraction of sp³-hybridized carbons (Fsp3) is 0. The molecule has 0 N–H and O–H groups in total. The van der Waals surface area contributed by atoms with E-state index in [-0.39, 0.29) is 0 Å². The van der Waals surface area contributed by atoms with Crippen molar-refractivity contribution in [2.75, 3.05) is 0 Å². The van der Waals surface area contributed by atoms with Crippen LogP contribution in [0.5, 0.6) is 0 Å². The molecule has 0 spiro atoms. The maximum Gasteiger partial charge on any atom is 0.160 e. The molecule has 0 aliphatic rings. The summed E-state index contributed by atoms with van der Waals surface area (Å²) >= 11 is 0. The summed E-state index contributed by atoms with van der Waals surface area (Å²) < 4.78 is 2.39. The van der Waals surface area contributed by atoms with Gasteiger partial charge in [-0.05, 0) is 92.3 Å². The van der Waals surface area contributed by atoms with Crippen LogP contribution in [-0.4, -0.2) is 14.5 Å². The third-order valence-electron chi connectivity index (χ3n) is 11.2. The maximum absolute atomic E-state index is 5.07. The SMILES string of the molecule is c1ccc(-c2ccc3cc(-c4ccc5ccc6c(c5c4)c4ccccc4n6-c4ccc(-c5cc(-c6ccccc6)nc(-c6ccccc6)n5)cc4)ccc3c2)cc1. The Balaban J connectivity index is 1.01. The van der Waals surface area contributed by atoms with E-state index in [1.165, 1.54) is 65.6 Å². The number of benzene rings is 9. The summed E-state index contributed by atoms with van der Waals surface area (Å²) in [6, 6.07) is 75.8. The van der Waals surface area contributed by atoms with E-state index in [1.807, 2.05) is 24.3 Å². The van der Waals surface area contributed by atoms with Crippen LogP contribution in [0, 0.1) is 0 Å². The van der Waals surface area contributed by atoms with Crippen LogP contribution >= 0.6 is 0 Å². The molecule has 0 atom stereocenters. The Kier molecular flexibility index (Phi) is 7.82. The monoisotopic (exact) mass is 725 g/mol. The molecule has 3 nitrogen and oxygen atoms in total. The minimum Gasteiger partial charge on any atom is -0.309 e. The summed E-state index contributed by atoms with van der Waals surface area (Å²) in [7, 11) is 0. The first-order chi connectivity index (χ1) is 28.2. The first kappa shape index (κ1) is 32.8. The van der Waals surface area contributed by atoms with Gasteiger partial charge in [0, 0.05) is 33.2 Å². The normalized spacial score (nSPS) is 11.5. The Morgan fingerprint density at radius 3 is 1.46 bits per heavy atom. The van der Waals surface area contributed by atoms with Crippen molar-refractivity contribution >= 4 is 43.4 Å². The van der Waals surface area contributed by atoms with E-state index >= 15 is 0 Å².